The van der Waals surface area contributed by atoms with Gasteiger partial charge in [-0.15, -0.1) is 0 Å². The van der Waals surface area contributed by atoms with Crippen LogP contribution in [-0.2, 0) is 6.54 Å². The summed E-state index contributed by atoms with van der Waals surface area (Å²) in [5, 5.41) is 9.58. The van der Waals surface area contributed by atoms with Gasteiger partial charge in [0, 0.05) is 23.7 Å². The Hall–Kier alpha value is -4.29. The van der Waals surface area contributed by atoms with Crippen molar-refractivity contribution in [2.75, 3.05) is 0 Å². The van der Waals surface area contributed by atoms with Gasteiger partial charge in [-0.25, -0.2) is 9.78 Å². The average Bonchev–Trinajstić information content (AvgIpc) is 2.83. The van der Waals surface area contributed by atoms with Gasteiger partial charge in [0.1, 0.15) is 12.0 Å². The lowest BCUT2D eigenvalue weighted by Crippen LogP contribution is -2.02. The maximum atomic E-state index is 11.7. The lowest BCUT2D eigenvalue weighted by molar-refractivity contribution is 0.0697. The summed E-state index contributed by atoms with van der Waals surface area (Å²) in [7, 11) is 0. The summed E-state index contributed by atoms with van der Waals surface area (Å²) in [5.74, 6) is -0.192. The quantitative estimate of drug-likeness (QED) is 0.370. The van der Waals surface area contributed by atoms with Crippen LogP contribution in [-0.4, -0.2) is 22.3 Å². The summed E-state index contributed by atoms with van der Waals surface area (Å²) in [6.45, 7) is 2.45. The molecule has 0 radical (unpaired) electrons. The smallest absolute Gasteiger partial charge is 0.336 e. The van der Waals surface area contributed by atoms with Crippen LogP contribution in [0.3, 0.4) is 0 Å². The first-order valence-electron chi connectivity index (χ1n) is 10.4. The minimum Gasteiger partial charge on any atom is -0.478 e. The van der Waals surface area contributed by atoms with Crippen molar-refractivity contribution in [2.24, 2.45) is 5.73 Å². The third-order valence-corrected chi connectivity index (χ3v) is 5.18. The first kappa shape index (κ1) is 21.9. The molecule has 0 amide bonds. The summed E-state index contributed by atoms with van der Waals surface area (Å²) in [6, 6.07) is 23.6. The number of hydrogen-bond donors (Lipinski definition) is 2. The van der Waals surface area contributed by atoms with Crippen LogP contribution in [0.2, 0.25) is 0 Å². The molecule has 0 fully saturated rings. The Bertz CT molecular complexity index is 1350. The second-order valence-corrected chi connectivity index (χ2v) is 7.63. The number of aryl methyl sites for hydroxylation is 1. The van der Waals surface area contributed by atoms with Crippen LogP contribution in [0, 0.1) is 6.92 Å². The van der Waals surface area contributed by atoms with Gasteiger partial charge in [-0.2, -0.15) is 0 Å². The van der Waals surface area contributed by atoms with Crippen LogP contribution < -0.4 is 10.5 Å². The molecule has 0 unspecified atom stereocenters. The Labute approximate surface area is 191 Å². The molecule has 0 atom stereocenters. The van der Waals surface area contributed by atoms with Crippen molar-refractivity contribution in [3.8, 4) is 34.0 Å². The van der Waals surface area contributed by atoms with Gasteiger partial charge >= 0.3 is 5.97 Å². The van der Waals surface area contributed by atoms with Gasteiger partial charge in [0.15, 0.2) is 0 Å². The topological polar surface area (TPSA) is 103 Å². The molecule has 0 aliphatic carbocycles. The number of nitrogens with two attached hydrogens (primary N) is 1. The summed E-state index contributed by atoms with van der Waals surface area (Å²) in [5.41, 5.74) is 11.0. The minimum atomic E-state index is -1.13. The maximum absolute atomic E-state index is 11.7. The number of carboxylic acids is 1. The van der Waals surface area contributed by atoms with E-state index in [9.17, 15) is 14.7 Å². The molecule has 1 aromatic heterocycles. The number of carbonyl (C=O) groups is 2. The number of rotatable bonds is 7. The van der Waals surface area contributed by atoms with Crippen molar-refractivity contribution in [2.45, 2.75) is 13.5 Å². The van der Waals surface area contributed by atoms with Crippen molar-refractivity contribution in [1.29, 1.82) is 0 Å². The highest BCUT2D eigenvalue weighted by Gasteiger charge is 2.15. The van der Waals surface area contributed by atoms with Crippen LogP contribution in [0.15, 0.2) is 78.9 Å². The molecular weight excluding hydrogens is 416 g/mol. The van der Waals surface area contributed by atoms with Crippen molar-refractivity contribution >= 4 is 12.3 Å². The molecular formula is C27H22N2O4. The van der Waals surface area contributed by atoms with Gasteiger partial charge in [0.25, 0.3) is 0 Å². The summed E-state index contributed by atoms with van der Waals surface area (Å²) in [4.78, 5) is 27.3. The third kappa shape index (κ3) is 4.97. The molecule has 6 nitrogen and oxygen atoms in total. The predicted octanol–water partition coefficient (Wildman–Crippen LogP) is 5.49. The summed E-state index contributed by atoms with van der Waals surface area (Å²) in [6.07, 6.45) is 0.613. The zero-order chi connectivity index (χ0) is 23.4. The number of hydrogen-bond acceptors (Lipinski definition) is 5. The Balaban J connectivity index is 1.68. The molecule has 164 valence electrons. The first-order valence-corrected chi connectivity index (χ1v) is 10.4. The van der Waals surface area contributed by atoms with E-state index < -0.39 is 5.97 Å². The van der Waals surface area contributed by atoms with Gasteiger partial charge in [-0.3, -0.25) is 4.79 Å². The number of ether oxygens (including phenoxy) is 1. The van der Waals surface area contributed by atoms with E-state index in [1.807, 2.05) is 43.3 Å². The van der Waals surface area contributed by atoms with Crippen molar-refractivity contribution in [1.82, 2.24) is 4.98 Å². The number of nitrogens with zero attached hydrogens (tertiary/aromatic N) is 1. The van der Waals surface area contributed by atoms with E-state index in [0.717, 1.165) is 22.3 Å². The number of aromatic nitrogens is 1. The first-order chi connectivity index (χ1) is 16.0. The maximum Gasteiger partial charge on any atom is 0.336 e. The van der Waals surface area contributed by atoms with Crippen LogP contribution in [0.25, 0.3) is 22.4 Å². The van der Waals surface area contributed by atoms with Gasteiger partial charge < -0.3 is 15.6 Å². The predicted molar refractivity (Wildman–Crippen MR) is 127 cm³/mol. The number of carboxylic acid groups (broad SMARTS) is 1. The van der Waals surface area contributed by atoms with Gasteiger partial charge in [0.2, 0.25) is 5.88 Å². The number of carbonyl (C=O) groups excluding carboxylic acids is 1. The molecule has 6 heteroatoms. The van der Waals surface area contributed by atoms with Crippen LogP contribution in [0.5, 0.6) is 11.6 Å². The third-order valence-electron chi connectivity index (χ3n) is 5.18. The molecule has 0 bridgehead atoms. The van der Waals surface area contributed by atoms with Gasteiger partial charge in [-0.05, 0) is 59.5 Å². The molecule has 0 saturated carbocycles. The monoisotopic (exact) mass is 438 g/mol. The lowest BCUT2D eigenvalue weighted by atomic mass is 10.0. The molecule has 3 aromatic carbocycles. The standard InChI is InChI=1S/C27H22N2O4/c1-17-10-21(20-5-2-4-18(12-20)15-28)14-22(11-17)33-26-7-3-6-25(29-26)23-9-8-19(16-30)13-24(23)27(31)32/h2-14,16H,15,28H2,1H3,(H,31,32). The highest BCUT2D eigenvalue weighted by atomic mass is 16.5. The van der Waals surface area contributed by atoms with Crippen LogP contribution >= 0.6 is 0 Å². The van der Waals surface area contributed by atoms with E-state index >= 15 is 0 Å². The molecule has 3 N–H and O–H groups in total. The minimum absolute atomic E-state index is 0.00174. The van der Waals surface area contributed by atoms with E-state index in [1.165, 1.54) is 6.07 Å². The molecule has 0 aliphatic rings. The Morgan fingerprint density at radius 3 is 2.58 bits per heavy atom. The van der Waals surface area contributed by atoms with Crippen molar-refractivity contribution in [3.63, 3.8) is 0 Å². The van der Waals surface area contributed by atoms with Gasteiger partial charge in [0.05, 0.1) is 11.3 Å². The zero-order valence-corrected chi connectivity index (χ0v) is 18.0. The van der Waals surface area contributed by atoms with E-state index in [4.69, 9.17) is 10.5 Å². The second kappa shape index (κ2) is 9.46. The Morgan fingerprint density at radius 1 is 1.00 bits per heavy atom. The summed E-state index contributed by atoms with van der Waals surface area (Å²) >= 11 is 0. The molecule has 4 rings (SSSR count). The number of benzene rings is 3. The highest BCUT2D eigenvalue weighted by molar-refractivity contribution is 5.97. The van der Waals surface area contributed by atoms with Crippen LogP contribution in [0.1, 0.15) is 31.8 Å². The van der Waals surface area contributed by atoms with E-state index in [1.54, 1.807) is 30.3 Å². The molecule has 0 spiro atoms. The van der Waals surface area contributed by atoms with E-state index in [0.29, 0.717) is 35.7 Å². The van der Waals surface area contributed by atoms with Crippen molar-refractivity contribution in [3.05, 3.63) is 101 Å². The molecule has 4 aromatic rings. The molecule has 33 heavy (non-hydrogen) atoms. The fourth-order valence-electron chi connectivity index (χ4n) is 3.63. The summed E-state index contributed by atoms with van der Waals surface area (Å²) < 4.78 is 6.05. The SMILES string of the molecule is Cc1cc(Oc2cccc(-c3ccc(C=O)cc3C(=O)O)n2)cc(-c2cccc(CN)c2)c1. The lowest BCUT2D eigenvalue weighted by Gasteiger charge is -2.12. The Kier molecular flexibility index (Phi) is 6.29. The molecule has 0 saturated heterocycles. The average molecular weight is 438 g/mol. The van der Waals surface area contributed by atoms with E-state index in [2.05, 4.69) is 11.1 Å². The van der Waals surface area contributed by atoms with E-state index in [-0.39, 0.29) is 11.1 Å². The normalized spacial score (nSPS) is 10.6. The fraction of sp³-hybridized carbons (Fsp3) is 0.0741. The second-order valence-electron chi connectivity index (χ2n) is 7.63. The van der Waals surface area contributed by atoms with Crippen LogP contribution in [0.4, 0.5) is 0 Å². The number of pyridine rings is 1. The fourth-order valence-corrected chi connectivity index (χ4v) is 3.63. The molecule has 0 aliphatic heterocycles. The highest BCUT2D eigenvalue weighted by Crippen LogP contribution is 2.31. The van der Waals surface area contributed by atoms with Gasteiger partial charge in [-0.1, -0.05) is 42.5 Å². The molecule has 1 heterocycles. The largest absolute Gasteiger partial charge is 0.478 e. The number of aromatic carboxylic acids is 1. The Morgan fingerprint density at radius 2 is 1.82 bits per heavy atom. The van der Waals surface area contributed by atoms with Crippen molar-refractivity contribution < 1.29 is 19.4 Å². The number of aldehydes is 1. The zero-order valence-electron chi connectivity index (χ0n) is 18.0.